The van der Waals surface area contributed by atoms with Crippen LogP contribution in [0, 0.1) is 0 Å². The van der Waals surface area contributed by atoms with Crippen LogP contribution in [0.5, 0.6) is 0 Å². The molecule has 1 heterocycles. The van der Waals surface area contributed by atoms with E-state index in [9.17, 15) is 0 Å². The van der Waals surface area contributed by atoms with E-state index >= 15 is 0 Å². The molecule has 0 unspecified atom stereocenters. The molecule has 0 radical (unpaired) electrons. The Hall–Kier alpha value is -2.07. The molecule has 4 heteroatoms. The van der Waals surface area contributed by atoms with Crippen molar-refractivity contribution in [3.05, 3.63) is 82.3 Å². The first kappa shape index (κ1) is 13.9. The van der Waals surface area contributed by atoms with Crippen molar-refractivity contribution in [2.45, 2.75) is 13.0 Å². The smallest absolute Gasteiger partial charge is 0.113 e. The van der Waals surface area contributed by atoms with Crippen LogP contribution in [0.3, 0.4) is 0 Å². The van der Waals surface area contributed by atoms with Crippen LogP contribution in [0.2, 0.25) is 0 Å². The Morgan fingerprint density at radius 1 is 1.05 bits per heavy atom. The Morgan fingerprint density at radius 3 is 2.62 bits per heavy atom. The molecule has 0 saturated carbocycles. The van der Waals surface area contributed by atoms with Crippen molar-refractivity contribution >= 4 is 21.6 Å². The lowest BCUT2D eigenvalue weighted by atomic mass is 10.1. The quantitative estimate of drug-likeness (QED) is 0.732. The summed E-state index contributed by atoms with van der Waals surface area (Å²) >= 11 is 3.46. The van der Waals surface area contributed by atoms with Crippen LogP contribution < -0.4 is 5.73 Å². The van der Waals surface area contributed by atoms with Crippen molar-refractivity contribution in [3.63, 3.8) is 0 Å². The molecule has 1 aromatic heterocycles. The summed E-state index contributed by atoms with van der Waals surface area (Å²) in [4.78, 5) is 4.47. The summed E-state index contributed by atoms with van der Waals surface area (Å²) in [6.07, 6.45) is 4.68. The zero-order valence-corrected chi connectivity index (χ0v) is 13.1. The van der Waals surface area contributed by atoms with Gasteiger partial charge in [0.05, 0.1) is 0 Å². The molecule has 2 N–H and O–H groups in total. The van der Waals surface area contributed by atoms with Gasteiger partial charge in [0.25, 0.3) is 0 Å². The summed E-state index contributed by atoms with van der Waals surface area (Å²) in [5.41, 5.74) is 9.06. The number of hydrogen-bond donors (Lipinski definition) is 1. The van der Waals surface area contributed by atoms with Crippen molar-refractivity contribution in [2.75, 3.05) is 5.73 Å². The second-order valence-corrected chi connectivity index (χ2v) is 5.94. The lowest BCUT2D eigenvalue weighted by Crippen LogP contribution is -2.05. The number of halogens is 1. The maximum Gasteiger partial charge on any atom is 0.113 e. The van der Waals surface area contributed by atoms with Gasteiger partial charge in [0, 0.05) is 35.5 Å². The first-order valence-electron chi connectivity index (χ1n) is 6.79. The van der Waals surface area contributed by atoms with E-state index in [2.05, 4.69) is 55.8 Å². The number of nitrogens with two attached hydrogens (primary N) is 1. The molecule has 0 aliphatic carbocycles. The molecule has 106 valence electrons. The van der Waals surface area contributed by atoms with Gasteiger partial charge in [-0.15, -0.1) is 0 Å². The van der Waals surface area contributed by atoms with E-state index in [1.165, 1.54) is 11.1 Å². The van der Waals surface area contributed by atoms with Crippen LogP contribution in [0.4, 0.5) is 5.69 Å². The van der Waals surface area contributed by atoms with E-state index in [0.29, 0.717) is 0 Å². The number of nitrogen functional groups attached to an aromatic ring is 1. The molecular formula is C17H16BrN3. The van der Waals surface area contributed by atoms with Crippen LogP contribution in [-0.2, 0) is 13.0 Å². The molecule has 2 aromatic carbocycles. The second kappa shape index (κ2) is 6.14. The number of aromatic nitrogens is 2. The summed E-state index contributed by atoms with van der Waals surface area (Å²) in [6.45, 7) is 0.789. The van der Waals surface area contributed by atoms with E-state index in [0.717, 1.165) is 29.0 Å². The zero-order valence-electron chi connectivity index (χ0n) is 11.5. The Kier molecular flexibility index (Phi) is 4.06. The molecule has 0 amide bonds. The van der Waals surface area contributed by atoms with Gasteiger partial charge in [0.15, 0.2) is 0 Å². The fourth-order valence-corrected chi connectivity index (χ4v) is 2.59. The normalized spacial score (nSPS) is 10.7. The molecule has 21 heavy (non-hydrogen) atoms. The van der Waals surface area contributed by atoms with Gasteiger partial charge in [0.1, 0.15) is 5.82 Å². The highest BCUT2D eigenvalue weighted by Gasteiger charge is 2.05. The number of rotatable bonds is 4. The Bertz CT molecular complexity index is 732. The van der Waals surface area contributed by atoms with Crippen molar-refractivity contribution in [2.24, 2.45) is 0 Å². The van der Waals surface area contributed by atoms with Crippen LogP contribution in [0.15, 0.2) is 65.4 Å². The Balaban J connectivity index is 1.79. The van der Waals surface area contributed by atoms with Gasteiger partial charge in [-0.3, -0.25) is 0 Å². The number of nitrogens with zero attached hydrogens (tertiary/aromatic N) is 2. The Labute approximate surface area is 132 Å². The van der Waals surface area contributed by atoms with Crippen molar-refractivity contribution in [1.82, 2.24) is 9.55 Å². The maximum atomic E-state index is 5.83. The minimum atomic E-state index is 0.789. The maximum absolute atomic E-state index is 5.83. The third-order valence-corrected chi connectivity index (χ3v) is 3.91. The van der Waals surface area contributed by atoms with Crippen LogP contribution in [0.25, 0.3) is 0 Å². The predicted octanol–water partition coefficient (Wildman–Crippen LogP) is 3.87. The number of hydrogen-bond acceptors (Lipinski definition) is 2. The van der Waals surface area contributed by atoms with Gasteiger partial charge in [-0.05, 0) is 35.4 Å². The zero-order chi connectivity index (χ0) is 14.7. The minimum absolute atomic E-state index is 0.789. The van der Waals surface area contributed by atoms with E-state index < -0.39 is 0 Å². The highest BCUT2D eigenvalue weighted by Crippen LogP contribution is 2.15. The standard InChI is InChI=1S/C17H16BrN3/c18-15-6-4-13(5-7-15)11-17-20-8-9-21(17)12-14-2-1-3-16(19)10-14/h1-10H,11-12,19H2. The fraction of sp³-hybridized carbons (Fsp3) is 0.118. The largest absolute Gasteiger partial charge is 0.399 e. The molecule has 0 bridgehead atoms. The molecule has 0 saturated heterocycles. The summed E-state index contributed by atoms with van der Waals surface area (Å²) in [5.74, 6) is 1.06. The third-order valence-electron chi connectivity index (χ3n) is 3.38. The summed E-state index contributed by atoms with van der Waals surface area (Å²) in [5, 5.41) is 0. The van der Waals surface area contributed by atoms with Gasteiger partial charge in [-0.1, -0.05) is 40.2 Å². The van der Waals surface area contributed by atoms with Gasteiger partial charge >= 0.3 is 0 Å². The van der Waals surface area contributed by atoms with E-state index in [-0.39, 0.29) is 0 Å². The molecule has 3 rings (SSSR count). The van der Waals surface area contributed by atoms with Crippen molar-refractivity contribution < 1.29 is 0 Å². The van der Waals surface area contributed by atoms with Gasteiger partial charge in [0.2, 0.25) is 0 Å². The predicted molar refractivity (Wildman–Crippen MR) is 89.1 cm³/mol. The topological polar surface area (TPSA) is 43.8 Å². The van der Waals surface area contributed by atoms with Crippen molar-refractivity contribution in [3.8, 4) is 0 Å². The molecule has 0 aliphatic rings. The van der Waals surface area contributed by atoms with Crippen LogP contribution in [-0.4, -0.2) is 9.55 Å². The summed E-state index contributed by atoms with van der Waals surface area (Å²) in [6, 6.07) is 16.3. The highest BCUT2D eigenvalue weighted by atomic mass is 79.9. The lowest BCUT2D eigenvalue weighted by Gasteiger charge is -2.09. The molecule has 3 nitrogen and oxygen atoms in total. The molecule has 0 spiro atoms. The minimum Gasteiger partial charge on any atom is -0.399 e. The van der Waals surface area contributed by atoms with Crippen molar-refractivity contribution in [1.29, 1.82) is 0 Å². The van der Waals surface area contributed by atoms with Crippen LogP contribution >= 0.6 is 15.9 Å². The number of benzene rings is 2. The molecule has 0 atom stereocenters. The molecular weight excluding hydrogens is 326 g/mol. The number of imidazole rings is 1. The van der Waals surface area contributed by atoms with E-state index in [1.54, 1.807) is 0 Å². The fourth-order valence-electron chi connectivity index (χ4n) is 2.32. The third kappa shape index (κ3) is 3.52. The number of anilines is 1. The monoisotopic (exact) mass is 341 g/mol. The lowest BCUT2D eigenvalue weighted by molar-refractivity contribution is 0.741. The average molecular weight is 342 g/mol. The van der Waals surface area contributed by atoms with E-state index in [1.807, 2.05) is 30.6 Å². The SMILES string of the molecule is Nc1cccc(Cn2ccnc2Cc2ccc(Br)cc2)c1. The molecule has 0 aliphatic heterocycles. The first-order valence-corrected chi connectivity index (χ1v) is 7.59. The van der Waals surface area contributed by atoms with Gasteiger partial charge in [-0.2, -0.15) is 0 Å². The Morgan fingerprint density at radius 2 is 1.86 bits per heavy atom. The average Bonchev–Trinajstić information content (AvgIpc) is 2.89. The molecule has 3 aromatic rings. The second-order valence-electron chi connectivity index (χ2n) is 5.02. The molecule has 0 fully saturated rings. The van der Waals surface area contributed by atoms with Gasteiger partial charge in [-0.25, -0.2) is 4.98 Å². The van der Waals surface area contributed by atoms with E-state index in [4.69, 9.17) is 5.73 Å². The summed E-state index contributed by atoms with van der Waals surface area (Å²) < 4.78 is 3.26. The highest BCUT2D eigenvalue weighted by molar-refractivity contribution is 9.10. The van der Waals surface area contributed by atoms with Gasteiger partial charge < -0.3 is 10.3 Å². The summed E-state index contributed by atoms with van der Waals surface area (Å²) in [7, 11) is 0. The van der Waals surface area contributed by atoms with Crippen LogP contribution in [0.1, 0.15) is 17.0 Å². The first-order chi connectivity index (χ1) is 10.2.